The van der Waals surface area contributed by atoms with Gasteiger partial charge in [-0.2, -0.15) is 0 Å². The van der Waals surface area contributed by atoms with Crippen molar-refractivity contribution in [1.82, 2.24) is 0 Å². The molecular formula is C16H15Br3O. The van der Waals surface area contributed by atoms with Crippen LogP contribution in [0.15, 0.2) is 45.3 Å². The molecule has 0 N–H and O–H groups in total. The van der Waals surface area contributed by atoms with Gasteiger partial charge in [-0.25, -0.2) is 0 Å². The molecule has 4 heteroatoms. The molecule has 1 atom stereocenters. The summed E-state index contributed by atoms with van der Waals surface area (Å²) in [6, 6.07) is 12.5. The van der Waals surface area contributed by atoms with Gasteiger partial charge in [0.05, 0.1) is 11.4 Å². The van der Waals surface area contributed by atoms with Crippen LogP contribution in [0.4, 0.5) is 0 Å². The average Bonchev–Trinajstić information content (AvgIpc) is 2.43. The second-order valence-corrected chi connectivity index (χ2v) is 7.17. The van der Waals surface area contributed by atoms with E-state index in [1.807, 2.05) is 19.1 Å². The fraction of sp³-hybridized carbons (Fsp3) is 0.250. The van der Waals surface area contributed by atoms with Crippen LogP contribution >= 0.6 is 47.8 Å². The molecule has 106 valence electrons. The largest absolute Gasteiger partial charge is 0.494 e. The molecule has 20 heavy (non-hydrogen) atoms. The maximum atomic E-state index is 5.73. The Hall–Kier alpha value is -0.320. The van der Waals surface area contributed by atoms with Gasteiger partial charge in [-0.15, -0.1) is 0 Å². The highest BCUT2D eigenvalue weighted by Gasteiger charge is 2.16. The number of benzene rings is 2. The van der Waals surface area contributed by atoms with E-state index in [-0.39, 0.29) is 4.83 Å². The average molecular weight is 463 g/mol. The van der Waals surface area contributed by atoms with Crippen LogP contribution in [0.25, 0.3) is 0 Å². The Kier molecular flexibility index (Phi) is 5.70. The normalized spacial score (nSPS) is 12.2. The minimum absolute atomic E-state index is 0.0958. The van der Waals surface area contributed by atoms with E-state index in [9.17, 15) is 0 Å². The molecule has 0 fully saturated rings. The van der Waals surface area contributed by atoms with E-state index in [4.69, 9.17) is 4.74 Å². The summed E-state index contributed by atoms with van der Waals surface area (Å²) in [5.41, 5.74) is 3.55. The summed E-state index contributed by atoms with van der Waals surface area (Å²) in [5, 5.41) is 0. The lowest BCUT2D eigenvalue weighted by Gasteiger charge is -2.17. The second-order valence-electron chi connectivity index (χ2n) is 4.49. The predicted octanol–water partition coefficient (Wildman–Crippen LogP) is 6.40. The van der Waals surface area contributed by atoms with Gasteiger partial charge in [0.15, 0.2) is 0 Å². The second kappa shape index (κ2) is 7.10. The van der Waals surface area contributed by atoms with Gasteiger partial charge in [0.1, 0.15) is 5.75 Å². The fourth-order valence-electron chi connectivity index (χ4n) is 1.95. The lowest BCUT2D eigenvalue weighted by atomic mass is 10.0. The number of alkyl halides is 1. The maximum Gasteiger partial charge on any atom is 0.124 e. The summed E-state index contributed by atoms with van der Waals surface area (Å²) in [7, 11) is 0. The monoisotopic (exact) mass is 460 g/mol. The van der Waals surface area contributed by atoms with E-state index in [2.05, 4.69) is 79.0 Å². The lowest BCUT2D eigenvalue weighted by Crippen LogP contribution is -2.00. The lowest BCUT2D eigenvalue weighted by molar-refractivity contribution is 0.337. The molecule has 0 saturated carbocycles. The number of rotatable bonds is 4. The molecule has 0 amide bonds. The van der Waals surface area contributed by atoms with Crippen molar-refractivity contribution in [2.75, 3.05) is 6.61 Å². The van der Waals surface area contributed by atoms with Gasteiger partial charge in [-0.1, -0.05) is 59.9 Å². The van der Waals surface area contributed by atoms with Crippen LogP contribution in [0.1, 0.15) is 28.4 Å². The van der Waals surface area contributed by atoms with E-state index in [0.29, 0.717) is 6.61 Å². The first-order chi connectivity index (χ1) is 9.52. The predicted molar refractivity (Wildman–Crippen MR) is 95.0 cm³/mol. The SMILES string of the molecule is CCOc1ccc(Br)cc1C(Br)c1ccc(C)c(Br)c1. The summed E-state index contributed by atoms with van der Waals surface area (Å²) in [6.45, 7) is 4.74. The highest BCUT2D eigenvalue weighted by Crippen LogP contribution is 2.39. The van der Waals surface area contributed by atoms with Crippen LogP contribution in [0.3, 0.4) is 0 Å². The third-order valence-corrected chi connectivity index (χ3v) is 5.40. The van der Waals surface area contributed by atoms with Crippen molar-refractivity contribution in [3.05, 3.63) is 62.0 Å². The Labute approximate surface area is 145 Å². The van der Waals surface area contributed by atoms with Crippen LogP contribution in [0.2, 0.25) is 0 Å². The molecule has 2 aromatic rings. The Bertz CT molecular complexity index is 611. The number of aryl methyl sites for hydroxylation is 1. The van der Waals surface area contributed by atoms with E-state index >= 15 is 0 Å². The van der Waals surface area contributed by atoms with Gasteiger partial charge in [-0.05, 0) is 49.2 Å². The molecule has 0 aromatic heterocycles. The minimum atomic E-state index is 0.0958. The van der Waals surface area contributed by atoms with Crippen molar-refractivity contribution >= 4 is 47.8 Å². The van der Waals surface area contributed by atoms with Gasteiger partial charge < -0.3 is 4.74 Å². The van der Waals surface area contributed by atoms with Crippen LogP contribution < -0.4 is 4.74 Å². The first-order valence-corrected chi connectivity index (χ1v) is 8.85. The van der Waals surface area contributed by atoms with Crippen molar-refractivity contribution in [3.8, 4) is 5.75 Å². The highest BCUT2D eigenvalue weighted by atomic mass is 79.9. The molecule has 0 radical (unpaired) electrons. The first kappa shape index (κ1) is 16.1. The third-order valence-electron chi connectivity index (χ3n) is 3.03. The smallest absolute Gasteiger partial charge is 0.124 e. The van der Waals surface area contributed by atoms with Crippen molar-refractivity contribution in [1.29, 1.82) is 0 Å². The number of hydrogen-bond donors (Lipinski definition) is 0. The van der Waals surface area contributed by atoms with Crippen LogP contribution in [-0.4, -0.2) is 6.61 Å². The van der Waals surface area contributed by atoms with Gasteiger partial charge in [-0.3, -0.25) is 0 Å². The molecule has 2 rings (SSSR count). The van der Waals surface area contributed by atoms with E-state index < -0.39 is 0 Å². The molecule has 0 saturated heterocycles. The number of hydrogen-bond acceptors (Lipinski definition) is 1. The molecular weight excluding hydrogens is 448 g/mol. The summed E-state index contributed by atoms with van der Waals surface area (Å²) < 4.78 is 7.89. The third kappa shape index (κ3) is 3.66. The van der Waals surface area contributed by atoms with Crippen LogP contribution in [-0.2, 0) is 0 Å². The van der Waals surface area contributed by atoms with Gasteiger partial charge in [0.2, 0.25) is 0 Å². The van der Waals surface area contributed by atoms with Gasteiger partial charge in [0, 0.05) is 14.5 Å². The van der Waals surface area contributed by atoms with Crippen molar-refractivity contribution in [2.24, 2.45) is 0 Å². The molecule has 0 aliphatic heterocycles. The summed E-state index contributed by atoms with van der Waals surface area (Å²) >= 11 is 10.9. The summed E-state index contributed by atoms with van der Waals surface area (Å²) in [6.07, 6.45) is 0. The van der Waals surface area contributed by atoms with Crippen LogP contribution in [0, 0.1) is 6.92 Å². The van der Waals surface area contributed by atoms with Gasteiger partial charge >= 0.3 is 0 Å². The summed E-state index contributed by atoms with van der Waals surface area (Å²) in [4.78, 5) is 0.0958. The highest BCUT2D eigenvalue weighted by molar-refractivity contribution is 9.11. The summed E-state index contributed by atoms with van der Waals surface area (Å²) in [5.74, 6) is 0.911. The van der Waals surface area contributed by atoms with Crippen molar-refractivity contribution in [2.45, 2.75) is 18.7 Å². The molecule has 2 aromatic carbocycles. The van der Waals surface area contributed by atoms with E-state index in [0.717, 1.165) is 20.3 Å². The molecule has 1 nitrogen and oxygen atoms in total. The van der Waals surface area contributed by atoms with Crippen molar-refractivity contribution in [3.63, 3.8) is 0 Å². The molecule has 0 aliphatic carbocycles. The van der Waals surface area contributed by atoms with Crippen LogP contribution in [0.5, 0.6) is 5.75 Å². The Morgan fingerprint density at radius 1 is 1.10 bits per heavy atom. The number of ether oxygens (including phenoxy) is 1. The quantitative estimate of drug-likeness (QED) is 0.477. The van der Waals surface area contributed by atoms with E-state index in [1.165, 1.54) is 11.1 Å². The molecule has 1 unspecified atom stereocenters. The van der Waals surface area contributed by atoms with Crippen molar-refractivity contribution < 1.29 is 4.74 Å². The maximum absolute atomic E-state index is 5.73. The van der Waals surface area contributed by atoms with E-state index in [1.54, 1.807) is 0 Å². The topological polar surface area (TPSA) is 9.23 Å². The fourth-order valence-corrected chi connectivity index (χ4v) is 3.37. The molecule has 0 bridgehead atoms. The molecule has 0 heterocycles. The zero-order valence-corrected chi connectivity index (χ0v) is 16.0. The molecule has 0 spiro atoms. The zero-order chi connectivity index (χ0) is 14.7. The zero-order valence-electron chi connectivity index (χ0n) is 11.3. The van der Waals surface area contributed by atoms with Gasteiger partial charge in [0.25, 0.3) is 0 Å². The Balaban J connectivity index is 2.43. The molecule has 0 aliphatic rings. The Morgan fingerprint density at radius 2 is 1.85 bits per heavy atom. The minimum Gasteiger partial charge on any atom is -0.494 e. The number of halogens is 3. The first-order valence-electron chi connectivity index (χ1n) is 6.35. The Morgan fingerprint density at radius 3 is 2.50 bits per heavy atom. The standard InChI is InChI=1S/C16H15Br3O/c1-3-20-15-7-6-12(17)9-13(15)16(19)11-5-4-10(2)14(18)8-11/h4-9,16H,3H2,1-2H3.